The molecule has 5 heteroatoms. The standard InChI is InChI=1S/C16H26BrN3O/c1-5-18-15(19-10-11-21-4)20-12-16(2,3)13-8-6-7-9-14(13)17/h6-9H,5,10-12H2,1-4H3,(H2,18,19,20). The molecule has 0 aromatic heterocycles. The van der Waals surface area contributed by atoms with Gasteiger partial charge in [-0.05, 0) is 18.6 Å². The maximum absolute atomic E-state index is 5.05. The van der Waals surface area contributed by atoms with Crippen molar-refractivity contribution in [3.05, 3.63) is 34.3 Å². The lowest BCUT2D eigenvalue weighted by atomic mass is 9.85. The lowest BCUT2D eigenvalue weighted by Crippen LogP contribution is -2.40. The summed E-state index contributed by atoms with van der Waals surface area (Å²) >= 11 is 3.62. The van der Waals surface area contributed by atoms with Gasteiger partial charge in [0.1, 0.15) is 0 Å². The number of benzene rings is 1. The van der Waals surface area contributed by atoms with Crippen molar-refractivity contribution in [2.24, 2.45) is 4.99 Å². The highest BCUT2D eigenvalue weighted by Crippen LogP contribution is 2.30. The molecule has 2 N–H and O–H groups in total. The number of hydrogen-bond donors (Lipinski definition) is 2. The van der Waals surface area contributed by atoms with E-state index in [4.69, 9.17) is 9.73 Å². The Morgan fingerprint density at radius 2 is 2.00 bits per heavy atom. The van der Waals surface area contributed by atoms with Crippen LogP contribution < -0.4 is 10.6 Å². The van der Waals surface area contributed by atoms with Gasteiger partial charge in [-0.1, -0.05) is 48.0 Å². The maximum atomic E-state index is 5.05. The molecule has 1 aromatic rings. The zero-order valence-corrected chi connectivity index (χ0v) is 15.0. The SMILES string of the molecule is CCNC(=NCC(C)(C)c1ccccc1Br)NCCOC. The first-order valence-corrected chi connectivity index (χ1v) is 8.06. The van der Waals surface area contributed by atoms with Gasteiger partial charge in [-0.25, -0.2) is 0 Å². The molecule has 0 amide bonds. The summed E-state index contributed by atoms with van der Waals surface area (Å²) in [5.41, 5.74) is 1.23. The van der Waals surface area contributed by atoms with Gasteiger partial charge in [-0.15, -0.1) is 0 Å². The van der Waals surface area contributed by atoms with Gasteiger partial charge in [0.15, 0.2) is 5.96 Å². The first kappa shape index (κ1) is 18.0. The van der Waals surface area contributed by atoms with Gasteiger partial charge in [0.2, 0.25) is 0 Å². The second-order valence-electron chi connectivity index (χ2n) is 5.48. The minimum atomic E-state index is -0.0380. The normalized spacial score (nSPS) is 12.3. The first-order valence-electron chi connectivity index (χ1n) is 7.27. The van der Waals surface area contributed by atoms with Crippen LogP contribution >= 0.6 is 15.9 Å². The molecule has 0 saturated heterocycles. The van der Waals surface area contributed by atoms with Crippen LogP contribution in [-0.4, -0.2) is 39.3 Å². The van der Waals surface area contributed by atoms with Crippen LogP contribution in [0.4, 0.5) is 0 Å². The Hall–Kier alpha value is -1.07. The van der Waals surface area contributed by atoms with Gasteiger partial charge in [0.05, 0.1) is 13.2 Å². The molecule has 0 bridgehead atoms. The molecule has 0 heterocycles. The summed E-state index contributed by atoms with van der Waals surface area (Å²) in [6.45, 7) is 9.43. The Labute approximate surface area is 136 Å². The quantitative estimate of drug-likeness (QED) is 0.449. The van der Waals surface area contributed by atoms with E-state index in [0.717, 1.165) is 23.5 Å². The fraction of sp³-hybridized carbons (Fsp3) is 0.562. The number of halogens is 1. The highest BCUT2D eigenvalue weighted by atomic mass is 79.9. The predicted octanol–water partition coefficient (Wildman–Crippen LogP) is 2.93. The number of aliphatic imine (C=N–C) groups is 1. The third-order valence-corrected chi connectivity index (χ3v) is 3.87. The van der Waals surface area contributed by atoms with Crippen LogP contribution in [0.2, 0.25) is 0 Å². The monoisotopic (exact) mass is 355 g/mol. The molecule has 1 aromatic carbocycles. The van der Waals surface area contributed by atoms with Crippen LogP contribution in [0.15, 0.2) is 33.7 Å². The van der Waals surface area contributed by atoms with Crippen molar-refractivity contribution < 1.29 is 4.74 Å². The van der Waals surface area contributed by atoms with Crippen molar-refractivity contribution in [1.82, 2.24) is 10.6 Å². The van der Waals surface area contributed by atoms with E-state index in [2.05, 4.69) is 65.5 Å². The van der Waals surface area contributed by atoms with E-state index in [0.29, 0.717) is 13.2 Å². The van der Waals surface area contributed by atoms with Gasteiger partial charge < -0.3 is 15.4 Å². The average Bonchev–Trinajstić information content (AvgIpc) is 2.45. The molecule has 0 aliphatic heterocycles. The second-order valence-corrected chi connectivity index (χ2v) is 6.33. The number of methoxy groups -OCH3 is 1. The Morgan fingerprint density at radius 1 is 1.29 bits per heavy atom. The average molecular weight is 356 g/mol. The minimum absolute atomic E-state index is 0.0380. The lowest BCUT2D eigenvalue weighted by molar-refractivity contribution is 0.203. The number of ether oxygens (including phenoxy) is 1. The zero-order valence-electron chi connectivity index (χ0n) is 13.4. The van der Waals surface area contributed by atoms with Crippen molar-refractivity contribution in [2.45, 2.75) is 26.2 Å². The van der Waals surface area contributed by atoms with Crippen molar-refractivity contribution in [3.8, 4) is 0 Å². The molecule has 1 rings (SSSR count). The van der Waals surface area contributed by atoms with E-state index in [1.807, 2.05) is 6.07 Å². The highest BCUT2D eigenvalue weighted by Gasteiger charge is 2.22. The summed E-state index contributed by atoms with van der Waals surface area (Å²) < 4.78 is 6.18. The van der Waals surface area contributed by atoms with Crippen molar-refractivity contribution in [1.29, 1.82) is 0 Å². The van der Waals surface area contributed by atoms with E-state index in [-0.39, 0.29) is 5.41 Å². The van der Waals surface area contributed by atoms with Crippen LogP contribution in [0.25, 0.3) is 0 Å². The van der Waals surface area contributed by atoms with Crippen molar-refractivity contribution in [3.63, 3.8) is 0 Å². The summed E-state index contributed by atoms with van der Waals surface area (Å²) in [6, 6.07) is 8.31. The molecule has 0 spiro atoms. The van der Waals surface area contributed by atoms with E-state index >= 15 is 0 Å². The summed E-state index contributed by atoms with van der Waals surface area (Å²) in [5, 5.41) is 6.51. The molecule has 21 heavy (non-hydrogen) atoms. The number of nitrogens with zero attached hydrogens (tertiary/aromatic N) is 1. The second kappa shape index (κ2) is 9.05. The van der Waals surface area contributed by atoms with E-state index in [1.54, 1.807) is 7.11 Å². The topological polar surface area (TPSA) is 45.7 Å². The molecule has 0 saturated carbocycles. The van der Waals surface area contributed by atoms with Gasteiger partial charge in [-0.2, -0.15) is 0 Å². The molecule has 0 radical (unpaired) electrons. The summed E-state index contributed by atoms with van der Waals surface area (Å²) in [6.07, 6.45) is 0. The largest absolute Gasteiger partial charge is 0.383 e. The maximum Gasteiger partial charge on any atom is 0.191 e. The molecule has 0 aliphatic rings. The lowest BCUT2D eigenvalue weighted by Gasteiger charge is -2.25. The third-order valence-electron chi connectivity index (χ3n) is 3.18. The van der Waals surface area contributed by atoms with Crippen LogP contribution in [-0.2, 0) is 10.2 Å². The van der Waals surface area contributed by atoms with Gasteiger partial charge in [0, 0.05) is 30.1 Å². The van der Waals surface area contributed by atoms with Gasteiger partial charge >= 0.3 is 0 Å². The van der Waals surface area contributed by atoms with E-state index in [9.17, 15) is 0 Å². The predicted molar refractivity (Wildman–Crippen MR) is 93.0 cm³/mol. The minimum Gasteiger partial charge on any atom is -0.383 e. The molecule has 4 nitrogen and oxygen atoms in total. The highest BCUT2D eigenvalue weighted by molar-refractivity contribution is 9.10. The molecule has 118 valence electrons. The number of rotatable bonds is 7. The Morgan fingerprint density at radius 3 is 2.62 bits per heavy atom. The van der Waals surface area contributed by atoms with Crippen molar-refractivity contribution >= 4 is 21.9 Å². The number of nitrogens with one attached hydrogen (secondary N) is 2. The van der Waals surface area contributed by atoms with E-state index in [1.165, 1.54) is 5.56 Å². The van der Waals surface area contributed by atoms with Crippen LogP contribution in [0.3, 0.4) is 0 Å². The van der Waals surface area contributed by atoms with Gasteiger partial charge in [-0.3, -0.25) is 4.99 Å². The van der Waals surface area contributed by atoms with Crippen LogP contribution in [0.5, 0.6) is 0 Å². The fourth-order valence-electron chi connectivity index (χ4n) is 1.99. The Kier molecular flexibility index (Phi) is 7.75. The molecular weight excluding hydrogens is 330 g/mol. The summed E-state index contributed by atoms with van der Waals surface area (Å²) in [5.74, 6) is 0.828. The van der Waals surface area contributed by atoms with Gasteiger partial charge in [0.25, 0.3) is 0 Å². The number of hydrogen-bond acceptors (Lipinski definition) is 2. The molecule has 0 atom stereocenters. The molecule has 0 fully saturated rings. The fourth-order valence-corrected chi connectivity index (χ4v) is 2.81. The van der Waals surface area contributed by atoms with Crippen molar-refractivity contribution in [2.75, 3.05) is 33.4 Å². The summed E-state index contributed by atoms with van der Waals surface area (Å²) in [7, 11) is 1.70. The smallest absolute Gasteiger partial charge is 0.191 e. The first-order chi connectivity index (χ1) is 10.0. The van der Waals surface area contributed by atoms with Crippen LogP contribution in [0.1, 0.15) is 26.3 Å². The van der Waals surface area contributed by atoms with Crippen LogP contribution in [0, 0.1) is 0 Å². The third kappa shape index (κ3) is 6.06. The molecule has 0 unspecified atom stereocenters. The Bertz CT molecular complexity index is 461. The summed E-state index contributed by atoms with van der Waals surface area (Å²) in [4.78, 5) is 4.69. The molecular formula is C16H26BrN3O. The molecule has 0 aliphatic carbocycles. The Balaban J connectivity index is 2.75. The number of guanidine groups is 1. The zero-order chi connectivity index (χ0) is 15.7. The van der Waals surface area contributed by atoms with E-state index < -0.39 is 0 Å².